The number of hydrogen-bond donors (Lipinski definition) is 1. The fourth-order valence-electron chi connectivity index (χ4n) is 1.69. The van der Waals surface area contributed by atoms with Crippen molar-refractivity contribution in [1.82, 2.24) is 0 Å². The summed E-state index contributed by atoms with van der Waals surface area (Å²) < 4.78 is 0. The lowest BCUT2D eigenvalue weighted by molar-refractivity contribution is 1.42. The third kappa shape index (κ3) is 2.07. The zero-order valence-electron chi connectivity index (χ0n) is 9.53. The highest BCUT2D eigenvalue weighted by Crippen LogP contribution is 2.31. The SMILES string of the molecule is CSc1ccccc1-c1ccc(C)c(N)c1. The number of anilines is 1. The smallest absolute Gasteiger partial charge is 0.0349 e. The van der Waals surface area contributed by atoms with Gasteiger partial charge in [0, 0.05) is 10.6 Å². The first-order valence-corrected chi connectivity index (χ1v) is 6.44. The molecule has 0 spiro atoms. The van der Waals surface area contributed by atoms with Crippen molar-refractivity contribution >= 4 is 17.4 Å². The molecule has 2 rings (SSSR count). The average Bonchev–Trinajstić information content (AvgIpc) is 2.32. The summed E-state index contributed by atoms with van der Waals surface area (Å²) in [5, 5.41) is 0. The molecule has 0 heterocycles. The van der Waals surface area contributed by atoms with E-state index in [4.69, 9.17) is 5.73 Å². The predicted octanol–water partition coefficient (Wildman–Crippen LogP) is 3.97. The molecule has 2 aromatic carbocycles. The molecular weight excluding hydrogens is 214 g/mol. The normalized spacial score (nSPS) is 10.4. The molecule has 0 unspecified atom stereocenters. The standard InChI is InChI=1S/C14H15NS/c1-10-7-8-11(9-13(10)15)12-5-3-4-6-14(12)16-2/h3-9H,15H2,1-2H3. The van der Waals surface area contributed by atoms with Gasteiger partial charge in [0.15, 0.2) is 0 Å². The number of benzene rings is 2. The van der Waals surface area contributed by atoms with E-state index in [1.807, 2.05) is 13.0 Å². The van der Waals surface area contributed by atoms with Crippen LogP contribution in [0.3, 0.4) is 0 Å². The van der Waals surface area contributed by atoms with Crippen molar-refractivity contribution in [3.8, 4) is 11.1 Å². The van der Waals surface area contributed by atoms with Crippen LogP contribution in [0, 0.1) is 6.92 Å². The molecule has 0 fully saturated rings. The monoisotopic (exact) mass is 229 g/mol. The van der Waals surface area contributed by atoms with E-state index in [2.05, 4.69) is 42.7 Å². The van der Waals surface area contributed by atoms with E-state index < -0.39 is 0 Å². The van der Waals surface area contributed by atoms with Crippen molar-refractivity contribution in [3.63, 3.8) is 0 Å². The van der Waals surface area contributed by atoms with Crippen molar-refractivity contribution < 1.29 is 0 Å². The highest BCUT2D eigenvalue weighted by molar-refractivity contribution is 7.98. The number of thioether (sulfide) groups is 1. The Labute approximate surface area is 101 Å². The lowest BCUT2D eigenvalue weighted by Gasteiger charge is -2.09. The highest BCUT2D eigenvalue weighted by atomic mass is 32.2. The van der Waals surface area contributed by atoms with E-state index in [-0.39, 0.29) is 0 Å². The Morgan fingerprint density at radius 2 is 1.81 bits per heavy atom. The van der Waals surface area contributed by atoms with Crippen molar-refractivity contribution in [2.45, 2.75) is 11.8 Å². The molecule has 0 aliphatic carbocycles. The van der Waals surface area contributed by atoms with Crippen molar-refractivity contribution in [2.75, 3.05) is 12.0 Å². The third-order valence-electron chi connectivity index (χ3n) is 2.70. The zero-order valence-corrected chi connectivity index (χ0v) is 10.3. The summed E-state index contributed by atoms with van der Waals surface area (Å²) in [7, 11) is 0. The maximum Gasteiger partial charge on any atom is 0.0349 e. The largest absolute Gasteiger partial charge is 0.398 e. The minimum absolute atomic E-state index is 0.855. The van der Waals surface area contributed by atoms with Gasteiger partial charge in [-0.05, 0) is 42.0 Å². The van der Waals surface area contributed by atoms with Gasteiger partial charge in [0.1, 0.15) is 0 Å². The van der Waals surface area contributed by atoms with Gasteiger partial charge in [0.05, 0.1) is 0 Å². The Morgan fingerprint density at radius 3 is 2.50 bits per heavy atom. The van der Waals surface area contributed by atoms with E-state index >= 15 is 0 Å². The van der Waals surface area contributed by atoms with E-state index in [0.29, 0.717) is 0 Å². The second-order valence-corrected chi connectivity index (χ2v) is 4.62. The lowest BCUT2D eigenvalue weighted by atomic mass is 10.0. The Bertz CT molecular complexity index is 506. The van der Waals surface area contributed by atoms with Gasteiger partial charge in [0.25, 0.3) is 0 Å². The average molecular weight is 229 g/mol. The Morgan fingerprint density at radius 1 is 1.06 bits per heavy atom. The van der Waals surface area contributed by atoms with E-state index in [1.54, 1.807) is 11.8 Å². The molecule has 0 saturated heterocycles. The first-order valence-electron chi connectivity index (χ1n) is 5.22. The highest BCUT2D eigenvalue weighted by Gasteiger charge is 2.04. The second kappa shape index (κ2) is 4.62. The summed E-state index contributed by atoms with van der Waals surface area (Å²) in [5.74, 6) is 0. The number of aryl methyl sites for hydroxylation is 1. The van der Waals surface area contributed by atoms with Crippen molar-refractivity contribution in [3.05, 3.63) is 48.0 Å². The molecule has 0 radical (unpaired) electrons. The van der Waals surface area contributed by atoms with Crippen LogP contribution < -0.4 is 5.73 Å². The van der Waals surface area contributed by atoms with Crippen LogP contribution in [0.4, 0.5) is 5.69 Å². The van der Waals surface area contributed by atoms with Crippen LogP contribution in [0.2, 0.25) is 0 Å². The van der Waals surface area contributed by atoms with E-state index in [9.17, 15) is 0 Å². The first-order chi connectivity index (χ1) is 7.72. The molecule has 0 aliphatic rings. The van der Waals surface area contributed by atoms with Gasteiger partial charge in [-0.1, -0.05) is 30.3 Å². The van der Waals surface area contributed by atoms with Gasteiger partial charge < -0.3 is 5.73 Å². The first kappa shape index (κ1) is 11.1. The van der Waals surface area contributed by atoms with Crippen LogP contribution in [0.1, 0.15) is 5.56 Å². The quantitative estimate of drug-likeness (QED) is 0.623. The molecule has 16 heavy (non-hydrogen) atoms. The fourth-order valence-corrected chi connectivity index (χ4v) is 2.31. The van der Waals surface area contributed by atoms with Crippen molar-refractivity contribution in [1.29, 1.82) is 0 Å². The summed E-state index contributed by atoms with van der Waals surface area (Å²) in [6.07, 6.45) is 2.09. The summed E-state index contributed by atoms with van der Waals surface area (Å²) in [4.78, 5) is 1.28. The Hall–Kier alpha value is -1.41. The van der Waals surface area contributed by atoms with E-state index in [1.165, 1.54) is 16.0 Å². The van der Waals surface area contributed by atoms with Crippen LogP contribution in [-0.4, -0.2) is 6.26 Å². The molecule has 0 aromatic heterocycles. The van der Waals surface area contributed by atoms with Gasteiger partial charge in [-0.3, -0.25) is 0 Å². The number of nitrogen functional groups attached to an aromatic ring is 1. The maximum atomic E-state index is 5.94. The van der Waals surface area contributed by atoms with Gasteiger partial charge in [-0.25, -0.2) is 0 Å². The number of hydrogen-bond acceptors (Lipinski definition) is 2. The Balaban J connectivity index is 2.54. The minimum Gasteiger partial charge on any atom is -0.398 e. The summed E-state index contributed by atoms with van der Waals surface area (Å²) in [5.41, 5.74) is 10.4. The van der Waals surface area contributed by atoms with Gasteiger partial charge in [-0.2, -0.15) is 0 Å². The molecule has 0 atom stereocenters. The minimum atomic E-state index is 0.855. The molecule has 2 heteroatoms. The summed E-state index contributed by atoms with van der Waals surface area (Å²) in [6.45, 7) is 2.03. The van der Waals surface area contributed by atoms with Crippen LogP contribution in [0.25, 0.3) is 11.1 Å². The fraction of sp³-hybridized carbons (Fsp3) is 0.143. The third-order valence-corrected chi connectivity index (χ3v) is 3.49. The second-order valence-electron chi connectivity index (χ2n) is 3.77. The predicted molar refractivity (Wildman–Crippen MR) is 72.8 cm³/mol. The van der Waals surface area contributed by atoms with Gasteiger partial charge in [-0.15, -0.1) is 11.8 Å². The molecule has 82 valence electrons. The van der Waals surface area contributed by atoms with Crippen LogP contribution in [-0.2, 0) is 0 Å². The van der Waals surface area contributed by atoms with Crippen LogP contribution in [0.15, 0.2) is 47.4 Å². The van der Waals surface area contributed by atoms with Crippen molar-refractivity contribution in [2.24, 2.45) is 0 Å². The summed E-state index contributed by atoms with van der Waals surface area (Å²) >= 11 is 1.76. The number of nitrogens with two attached hydrogens (primary N) is 1. The zero-order chi connectivity index (χ0) is 11.5. The molecule has 0 aliphatic heterocycles. The van der Waals surface area contributed by atoms with Gasteiger partial charge in [0.2, 0.25) is 0 Å². The Kier molecular flexibility index (Phi) is 3.20. The van der Waals surface area contributed by atoms with Crippen LogP contribution >= 0.6 is 11.8 Å². The number of rotatable bonds is 2. The maximum absolute atomic E-state index is 5.94. The molecule has 2 N–H and O–H groups in total. The molecule has 0 amide bonds. The molecule has 0 saturated carbocycles. The summed E-state index contributed by atoms with van der Waals surface area (Å²) in [6, 6.07) is 14.6. The molecule has 1 nitrogen and oxygen atoms in total. The molecule has 0 bridgehead atoms. The van der Waals surface area contributed by atoms with E-state index in [0.717, 1.165) is 11.3 Å². The van der Waals surface area contributed by atoms with Crippen LogP contribution in [0.5, 0.6) is 0 Å². The molecule has 2 aromatic rings. The topological polar surface area (TPSA) is 26.0 Å². The van der Waals surface area contributed by atoms with Gasteiger partial charge >= 0.3 is 0 Å². The lowest BCUT2D eigenvalue weighted by Crippen LogP contribution is -1.90. The molecular formula is C14H15NS.